The number of hydrogen-bond acceptors (Lipinski definition) is 10. The zero-order chi connectivity index (χ0) is 92.7. The molecule has 1 aliphatic carbocycles. The van der Waals surface area contributed by atoms with Crippen molar-refractivity contribution in [2.45, 2.75) is 197 Å². The maximum absolute atomic E-state index is 12.9. The number of benzene rings is 5. The van der Waals surface area contributed by atoms with Crippen LogP contribution >= 0.6 is 31.2 Å². The van der Waals surface area contributed by atoms with Crippen molar-refractivity contribution in [3.05, 3.63) is 137 Å². The summed E-state index contributed by atoms with van der Waals surface area (Å²) >= 11 is 0. The summed E-state index contributed by atoms with van der Waals surface area (Å²) in [5.41, 5.74) is 4.37. The molecule has 5 unspecified atom stereocenters. The first-order valence-corrected chi connectivity index (χ1v) is 53.6. The number of ether oxygens (including phenoxy) is 6. The molecule has 10 nitrogen and oxygen atoms in total. The van der Waals surface area contributed by atoms with Crippen LogP contribution in [0.4, 0.5) is 101 Å². The van der Waals surface area contributed by atoms with E-state index in [-0.39, 0.29) is 76.7 Å². The van der Waals surface area contributed by atoms with Crippen LogP contribution in [0.25, 0.3) is 0 Å². The Hall–Kier alpha value is -4.98. The van der Waals surface area contributed by atoms with Crippen molar-refractivity contribution in [2.24, 2.45) is 0 Å². The Morgan fingerprint density at radius 1 is 0.408 bits per heavy atom. The molecule has 7 rings (SSSR count). The fourth-order valence-corrected chi connectivity index (χ4v) is 18.5. The van der Waals surface area contributed by atoms with Crippen molar-refractivity contribution < 1.29 is 148 Å². The summed E-state index contributed by atoms with van der Waals surface area (Å²) in [6.07, 6.45) is 32.8. The number of unbranched alkanes of at least 4 members (excludes halogenated alkanes) is 15. The predicted octanol–water partition coefficient (Wildman–Crippen LogP) is 31.8. The van der Waals surface area contributed by atoms with Crippen LogP contribution in [0.2, 0.25) is 0 Å². The monoisotopic (exact) mass is 1920 g/mol. The number of ketones is 4. The van der Waals surface area contributed by atoms with Crippen molar-refractivity contribution in [3.8, 4) is 34.5 Å². The number of methoxy groups -OCH3 is 4. The van der Waals surface area contributed by atoms with Gasteiger partial charge in [0, 0.05) is 40.1 Å². The van der Waals surface area contributed by atoms with Crippen molar-refractivity contribution >= 4 is 97.9 Å². The third-order valence-electron chi connectivity index (χ3n) is 16.8. The minimum absolute atomic E-state index is 0.0199. The normalized spacial score (nSPS) is 16.8. The van der Waals surface area contributed by atoms with Crippen LogP contribution in [0.15, 0.2) is 114 Å². The molecule has 0 N–H and O–H groups in total. The molecular weight excluding hydrogens is 1800 g/mol. The Labute approximate surface area is 700 Å². The summed E-state index contributed by atoms with van der Waals surface area (Å²) in [4.78, 5) is 51.6. The summed E-state index contributed by atoms with van der Waals surface area (Å²) in [6, 6.07) is 34.6. The third kappa shape index (κ3) is 65.6. The van der Waals surface area contributed by atoms with Gasteiger partial charge >= 0.3 is 132 Å². The van der Waals surface area contributed by atoms with Crippen molar-refractivity contribution in [1.29, 1.82) is 0 Å². The number of rotatable bonds is 39. The average molecular weight is 1920 g/mol. The predicted molar refractivity (Wildman–Crippen MR) is 452 cm³/mol. The van der Waals surface area contributed by atoms with Gasteiger partial charge in [0.2, 0.25) is 28.4 Å². The molecule has 1 heterocycles. The van der Waals surface area contributed by atoms with Crippen LogP contribution in [0, 0.1) is 0 Å². The first-order chi connectivity index (χ1) is 54.4. The molecule has 0 radical (unpaired) electrons. The van der Waals surface area contributed by atoms with E-state index in [2.05, 4.69) is 78.5 Å². The SMILES string of the molecule is CCCCCCCCOc1ccc2c(c1)CC([S+](C)C)C2=O.CCCCCCCC[S+](C)C1COc2cc(OC)ccc2C1=O.CCCCCCCC[S+](CC(=O)c1ccc(OC)cc1)c1ccc(OC)cc1.CCC[S+](CCC)C(C)C(=O)c1ccc(OC)cc1.F[P-](F)(F)(F)(F)F.F[P-](F)(F)(F)(F)F.F[P-](F)(F)(F)(F)F.F[P-](F)(F)(F)(F)F. The summed E-state index contributed by atoms with van der Waals surface area (Å²) in [6.45, 7) is 14.5. The summed E-state index contributed by atoms with van der Waals surface area (Å²) in [7, 11) is -35.7. The van der Waals surface area contributed by atoms with Gasteiger partial charge < -0.3 is 28.4 Å². The Morgan fingerprint density at radius 3 is 1.16 bits per heavy atom. The van der Waals surface area contributed by atoms with Crippen LogP contribution in [-0.4, -0.2) is 128 Å². The topological polar surface area (TPSA) is 124 Å². The van der Waals surface area contributed by atoms with E-state index in [9.17, 15) is 120 Å². The second-order valence-corrected chi connectivity index (χ2v) is 45.1. The first-order valence-electron chi connectivity index (χ1n) is 38.3. The van der Waals surface area contributed by atoms with Gasteiger partial charge in [0.05, 0.1) is 59.4 Å². The molecule has 5 atom stereocenters. The molecule has 120 heavy (non-hydrogen) atoms. The van der Waals surface area contributed by atoms with E-state index in [1.54, 1.807) is 28.4 Å². The second kappa shape index (κ2) is 47.0. The van der Waals surface area contributed by atoms with Crippen LogP contribution < -0.4 is 28.4 Å². The molecule has 700 valence electrons. The third-order valence-corrected chi connectivity index (χ3v) is 26.0. The van der Waals surface area contributed by atoms with E-state index in [4.69, 9.17) is 28.4 Å². The molecule has 0 spiro atoms. The van der Waals surface area contributed by atoms with Gasteiger partial charge in [-0.05, 0) is 193 Å². The van der Waals surface area contributed by atoms with Crippen molar-refractivity contribution in [3.63, 3.8) is 0 Å². The van der Waals surface area contributed by atoms with Gasteiger partial charge in [0.1, 0.15) is 64.1 Å². The average Bonchev–Trinajstić information content (AvgIpc) is 1.61. The van der Waals surface area contributed by atoms with E-state index >= 15 is 0 Å². The summed E-state index contributed by atoms with van der Waals surface area (Å²) in [5.74, 6) is 10.9. The zero-order valence-corrected chi connectivity index (χ0v) is 76.3. The van der Waals surface area contributed by atoms with Gasteiger partial charge in [-0.3, -0.25) is 19.2 Å². The number of carbonyl (C=O) groups is 4. The van der Waals surface area contributed by atoms with E-state index in [1.165, 1.54) is 120 Å². The van der Waals surface area contributed by atoms with Crippen LogP contribution in [0.5, 0.6) is 34.5 Å². The molecule has 42 heteroatoms. The number of carbonyl (C=O) groups excluding carboxylic acids is 4. The summed E-state index contributed by atoms with van der Waals surface area (Å²) in [5, 5.41) is 0.337. The van der Waals surface area contributed by atoms with Gasteiger partial charge in [0.25, 0.3) is 0 Å². The van der Waals surface area contributed by atoms with Gasteiger partial charge in [-0.1, -0.05) is 118 Å². The fourth-order valence-electron chi connectivity index (χ4n) is 11.1. The Bertz CT molecular complexity index is 3720. The molecular formula is C78H116F24O10P4S4. The molecule has 5 aromatic carbocycles. The van der Waals surface area contributed by atoms with Gasteiger partial charge in [-0.15, -0.1) is 0 Å². The van der Waals surface area contributed by atoms with Gasteiger partial charge in [-0.2, -0.15) is 0 Å². The fraction of sp³-hybridized carbons (Fsp3) is 0.564. The van der Waals surface area contributed by atoms with E-state index in [0.29, 0.717) is 29.5 Å². The Kier molecular flexibility index (Phi) is 45.1. The number of Topliss-reactive ketones (excluding diaryl/α,β-unsaturated/α-hetero) is 4. The number of hydrogen-bond donors (Lipinski definition) is 0. The van der Waals surface area contributed by atoms with Crippen LogP contribution in [0.1, 0.15) is 217 Å². The molecule has 0 aromatic heterocycles. The quantitative estimate of drug-likeness (QED) is 0.0123. The maximum atomic E-state index is 12.9. The molecule has 0 bridgehead atoms. The van der Waals surface area contributed by atoms with E-state index in [1.807, 2.05) is 91.0 Å². The Morgan fingerprint density at radius 2 is 0.758 bits per heavy atom. The van der Waals surface area contributed by atoms with E-state index in [0.717, 1.165) is 101 Å². The van der Waals surface area contributed by atoms with Crippen LogP contribution in [0.3, 0.4) is 0 Å². The van der Waals surface area contributed by atoms with Crippen LogP contribution in [-0.2, 0) is 50.0 Å². The Balaban J connectivity index is 0.00000143. The van der Waals surface area contributed by atoms with Crippen molar-refractivity contribution in [1.82, 2.24) is 0 Å². The molecule has 5 aromatic rings. The van der Waals surface area contributed by atoms with E-state index < -0.39 is 31.2 Å². The molecule has 2 aliphatic rings. The standard InChI is InChI=1S/C24H33O3S.C19H29O3S.C19H29O2S.C16H25O2S.4F6P/c1-4-5-6-7-8-9-18-28(23-16-14-22(27-3)15-17-23)19-24(25)20-10-12-21(26-2)13-11-20;1-4-5-6-7-8-9-12-23(3)18-14-22-17-13-15(21-2)10-11-16(17)19(18)20;1-4-5-6-7-8-9-12-21-16-10-11-17-15(13-16)14-18(19(17)20)22(2)3;1-5-11-19(12-6-2)13(3)16(17)14-7-9-15(18-4)10-8-14;4*1-7(2,3,4,5)6/h10-17H,4-9,18-19H2,1-3H3;10-11,13,18H,4-9,12,14H2,1-3H3;10-11,13,18H,4-9,12,14H2,1-3H3;7-10,13H,5-6,11-12H2,1-4H3;;;;/q4*+1;4*-1. The number of halogens is 24. The van der Waals surface area contributed by atoms with Crippen molar-refractivity contribution in [2.75, 3.05) is 89.2 Å². The van der Waals surface area contributed by atoms with Gasteiger partial charge in [-0.25, -0.2) is 0 Å². The molecule has 1 aliphatic heterocycles. The minimum atomic E-state index is -10.7. The molecule has 0 fully saturated rings. The summed E-state index contributed by atoms with van der Waals surface area (Å²) < 4.78 is 269. The molecule has 0 amide bonds. The molecule has 0 saturated heterocycles. The molecule has 0 saturated carbocycles. The zero-order valence-electron chi connectivity index (χ0n) is 69.5. The first kappa shape index (κ1) is 115. The van der Waals surface area contributed by atoms with Gasteiger partial charge in [0.15, 0.2) is 21.1 Å². The number of fused-ring (bicyclic) bond motifs is 2. The second-order valence-electron chi connectivity index (χ2n) is 28.0.